The van der Waals surface area contributed by atoms with Crippen molar-refractivity contribution in [1.29, 1.82) is 0 Å². The lowest BCUT2D eigenvalue weighted by molar-refractivity contribution is -0.121. The average molecular weight is 350 g/mol. The molecule has 0 aliphatic heterocycles. The molecule has 24 heavy (non-hydrogen) atoms. The number of carbonyl (C=O) groups excluding carboxylic acids is 2. The van der Waals surface area contributed by atoms with Crippen LogP contribution in [0.2, 0.25) is 0 Å². The molecule has 1 amide bonds. The van der Waals surface area contributed by atoms with E-state index in [4.69, 9.17) is 16.3 Å². The Morgan fingerprint density at radius 3 is 2.67 bits per heavy atom. The number of aromatic nitrogens is 2. The van der Waals surface area contributed by atoms with E-state index in [0.717, 1.165) is 5.56 Å². The highest BCUT2D eigenvalue weighted by atomic mass is 35.5. The monoisotopic (exact) mass is 349 g/mol. The maximum Gasteiger partial charge on any atom is 0.299 e. The summed E-state index contributed by atoms with van der Waals surface area (Å²) in [5.74, 6) is 0.382. The summed E-state index contributed by atoms with van der Waals surface area (Å²) in [5.41, 5.74) is 1.47. The molecule has 0 saturated heterocycles. The van der Waals surface area contributed by atoms with Crippen LogP contribution in [-0.2, 0) is 21.9 Å². The number of carbonyl (C=O) groups is 2. The normalized spacial score (nSPS) is 10.7. The molecule has 0 atom stereocenters. The van der Waals surface area contributed by atoms with Crippen molar-refractivity contribution < 1.29 is 14.3 Å². The summed E-state index contributed by atoms with van der Waals surface area (Å²) in [6.07, 6.45) is 1.87. The Kier molecular flexibility index (Phi) is 6.37. The summed E-state index contributed by atoms with van der Waals surface area (Å²) in [6.45, 7) is 4.80. The summed E-state index contributed by atoms with van der Waals surface area (Å²) >= 11 is 5.85. The molecule has 0 unspecified atom stereocenters. The van der Waals surface area contributed by atoms with Gasteiger partial charge in [-0.2, -0.15) is 4.79 Å². The van der Waals surface area contributed by atoms with Crippen LogP contribution in [0.1, 0.15) is 25.0 Å². The first kappa shape index (κ1) is 18.0. The molecule has 0 spiro atoms. The first-order valence-corrected chi connectivity index (χ1v) is 8.18. The number of amides is 1. The smallest absolute Gasteiger partial charge is 0.299 e. The van der Waals surface area contributed by atoms with Crippen LogP contribution in [0.4, 0.5) is 0 Å². The van der Waals surface area contributed by atoms with E-state index >= 15 is 0 Å². The molecule has 6 nitrogen and oxygen atoms in total. The van der Waals surface area contributed by atoms with Gasteiger partial charge in [0.2, 0.25) is 11.8 Å². The summed E-state index contributed by atoms with van der Waals surface area (Å²) in [6, 6.07) is 9.50. The van der Waals surface area contributed by atoms with Crippen LogP contribution in [-0.4, -0.2) is 28.8 Å². The highest BCUT2D eigenvalue weighted by Gasteiger charge is 2.21. The number of halogens is 1. The number of benzene rings is 1. The highest BCUT2D eigenvalue weighted by molar-refractivity contribution is 6.17. The van der Waals surface area contributed by atoms with Crippen molar-refractivity contribution in [3.8, 4) is 5.88 Å². The van der Waals surface area contributed by atoms with Gasteiger partial charge in [-0.15, -0.1) is 16.7 Å². The Hall–Kier alpha value is -2.34. The fourth-order valence-electron chi connectivity index (χ4n) is 2.25. The lowest BCUT2D eigenvalue weighted by Gasteiger charge is -2.24. The molecule has 0 fully saturated rings. The molecule has 1 heterocycles. The largest absolute Gasteiger partial charge is 0.408 e. The van der Waals surface area contributed by atoms with Gasteiger partial charge >= 0.3 is 0 Å². The molecule has 0 aliphatic rings. The Morgan fingerprint density at radius 2 is 2.08 bits per heavy atom. The van der Waals surface area contributed by atoms with Crippen molar-refractivity contribution in [2.45, 2.75) is 26.1 Å². The van der Waals surface area contributed by atoms with Crippen LogP contribution >= 0.6 is 11.6 Å². The van der Waals surface area contributed by atoms with Crippen molar-refractivity contribution in [3.05, 3.63) is 47.7 Å². The van der Waals surface area contributed by atoms with E-state index in [1.54, 1.807) is 6.20 Å². The van der Waals surface area contributed by atoms with Gasteiger partial charge in [-0.3, -0.25) is 9.59 Å². The molecular formula is C17H20ClN3O3. The van der Waals surface area contributed by atoms with Crippen molar-refractivity contribution >= 4 is 24.0 Å². The maximum absolute atomic E-state index is 12.7. The standard InChI is InChI=1S/C17H20ClN3O3/c1-13(2)10-20(16(23)8-14-6-4-3-5-7-14)21-11-15(9-18)17(19-21)24-12-22/h3-7,11-13H,8-10H2,1-2H3. The molecule has 128 valence electrons. The average Bonchev–Trinajstić information content (AvgIpc) is 2.96. The number of ether oxygens (including phenoxy) is 1. The summed E-state index contributed by atoms with van der Waals surface area (Å²) < 4.78 is 4.83. The maximum atomic E-state index is 12.7. The third-order valence-corrected chi connectivity index (χ3v) is 3.60. The number of alkyl halides is 1. The molecule has 7 heteroatoms. The van der Waals surface area contributed by atoms with Crippen molar-refractivity contribution in [1.82, 2.24) is 9.89 Å². The lowest BCUT2D eigenvalue weighted by Crippen LogP contribution is -2.44. The topological polar surface area (TPSA) is 64.4 Å². The molecule has 0 radical (unpaired) electrons. The Bertz CT molecular complexity index is 686. The fraction of sp³-hybridized carbons (Fsp3) is 0.353. The van der Waals surface area contributed by atoms with Crippen LogP contribution in [0.3, 0.4) is 0 Å². The van der Waals surface area contributed by atoms with Gasteiger partial charge in [0.25, 0.3) is 6.47 Å². The van der Waals surface area contributed by atoms with Crippen LogP contribution in [0.25, 0.3) is 0 Å². The van der Waals surface area contributed by atoms with Gasteiger partial charge in [0.15, 0.2) is 0 Å². The van der Waals surface area contributed by atoms with Gasteiger partial charge in [0, 0.05) is 6.54 Å². The number of nitrogens with zero attached hydrogens (tertiary/aromatic N) is 3. The van der Waals surface area contributed by atoms with Gasteiger partial charge in [-0.1, -0.05) is 44.2 Å². The SMILES string of the molecule is CC(C)CN(C(=O)Cc1ccccc1)n1cc(CCl)c(OC=O)n1. The summed E-state index contributed by atoms with van der Waals surface area (Å²) in [7, 11) is 0. The minimum atomic E-state index is -0.101. The van der Waals surface area contributed by atoms with Gasteiger partial charge in [-0.05, 0) is 11.5 Å². The molecule has 2 rings (SSSR count). The first-order chi connectivity index (χ1) is 11.5. The number of rotatable bonds is 8. The van der Waals surface area contributed by atoms with Gasteiger partial charge in [-0.25, -0.2) is 5.01 Å². The molecule has 0 bridgehead atoms. The predicted molar refractivity (Wildman–Crippen MR) is 91.6 cm³/mol. The highest BCUT2D eigenvalue weighted by Crippen LogP contribution is 2.18. The molecular weight excluding hydrogens is 330 g/mol. The van der Waals surface area contributed by atoms with Gasteiger partial charge in [0.05, 0.1) is 24.1 Å². The van der Waals surface area contributed by atoms with Crippen LogP contribution < -0.4 is 9.75 Å². The van der Waals surface area contributed by atoms with Crippen molar-refractivity contribution in [3.63, 3.8) is 0 Å². The number of hydrogen-bond donors (Lipinski definition) is 0. The van der Waals surface area contributed by atoms with Crippen LogP contribution in [0, 0.1) is 5.92 Å². The van der Waals surface area contributed by atoms with Crippen molar-refractivity contribution in [2.24, 2.45) is 5.92 Å². The zero-order chi connectivity index (χ0) is 17.5. The first-order valence-electron chi connectivity index (χ1n) is 7.64. The van der Waals surface area contributed by atoms with E-state index in [-0.39, 0.29) is 30.0 Å². The quantitative estimate of drug-likeness (QED) is 0.542. The van der Waals surface area contributed by atoms with E-state index in [9.17, 15) is 9.59 Å². The van der Waals surface area contributed by atoms with E-state index in [0.29, 0.717) is 18.6 Å². The minimum Gasteiger partial charge on any atom is -0.408 e. The second-order valence-corrected chi connectivity index (χ2v) is 6.03. The van der Waals surface area contributed by atoms with Gasteiger partial charge < -0.3 is 4.74 Å². The second kappa shape index (κ2) is 8.49. The van der Waals surface area contributed by atoms with E-state index < -0.39 is 0 Å². The zero-order valence-corrected chi connectivity index (χ0v) is 14.4. The zero-order valence-electron chi connectivity index (χ0n) is 13.7. The molecule has 2 aromatic rings. The van der Waals surface area contributed by atoms with E-state index in [2.05, 4.69) is 5.10 Å². The minimum absolute atomic E-state index is 0.101. The molecule has 1 aromatic heterocycles. The molecule has 0 aliphatic carbocycles. The second-order valence-electron chi connectivity index (χ2n) is 5.76. The van der Waals surface area contributed by atoms with Crippen molar-refractivity contribution in [2.75, 3.05) is 11.6 Å². The number of hydrogen-bond acceptors (Lipinski definition) is 4. The van der Waals surface area contributed by atoms with Crippen LogP contribution in [0.5, 0.6) is 5.88 Å². The predicted octanol–water partition coefficient (Wildman–Crippen LogP) is 2.52. The van der Waals surface area contributed by atoms with Gasteiger partial charge in [0.1, 0.15) is 0 Å². The summed E-state index contributed by atoms with van der Waals surface area (Å²) in [4.78, 5) is 24.7. The Balaban J connectivity index is 2.27. The van der Waals surface area contributed by atoms with Crippen LogP contribution in [0.15, 0.2) is 36.5 Å². The molecule has 1 aromatic carbocycles. The summed E-state index contributed by atoms with van der Waals surface area (Å²) in [5, 5.41) is 5.70. The fourth-order valence-corrected chi connectivity index (χ4v) is 2.43. The third kappa shape index (κ3) is 4.58. The third-order valence-electron chi connectivity index (χ3n) is 3.31. The Morgan fingerprint density at radius 1 is 1.38 bits per heavy atom. The van der Waals surface area contributed by atoms with E-state index in [1.807, 2.05) is 44.2 Å². The molecule has 0 N–H and O–H groups in total. The lowest BCUT2D eigenvalue weighted by atomic mass is 10.1. The molecule has 0 saturated carbocycles. The van der Waals surface area contributed by atoms with E-state index in [1.165, 1.54) is 9.80 Å². The Labute approximate surface area is 145 Å².